The van der Waals surface area contributed by atoms with Gasteiger partial charge in [0.1, 0.15) is 10.6 Å². The zero-order valence-corrected chi connectivity index (χ0v) is 21.7. The Morgan fingerprint density at radius 3 is 2.47 bits per heavy atom. The third kappa shape index (κ3) is 7.46. The van der Waals surface area contributed by atoms with Gasteiger partial charge in [0.2, 0.25) is 20.0 Å². The maximum Gasteiger partial charge on any atom is 0.240 e. The molecule has 0 aromatic heterocycles. The van der Waals surface area contributed by atoms with Gasteiger partial charge in [0, 0.05) is 24.7 Å². The first-order valence-electron chi connectivity index (χ1n) is 12.2. The molecule has 3 N–H and O–H groups in total. The number of nitrogens with two attached hydrogens (primary N) is 1. The average molecular weight is 533 g/mol. The van der Waals surface area contributed by atoms with Gasteiger partial charge in [-0.2, -0.15) is 0 Å². The monoisotopic (exact) mass is 532 g/mol. The van der Waals surface area contributed by atoms with Gasteiger partial charge in [-0.05, 0) is 67.9 Å². The molecule has 1 aliphatic heterocycles. The SMILES string of the molecule is NS(=O)(=O)c1ccccc1NS(=O)(=O)CCc1ccc(C#CC2CCC2)cc1OCC1CCOCC1. The minimum absolute atomic E-state index is 0.0717. The molecule has 2 fully saturated rings. The highest BCUT2D eigenvalue weighted by Crippen LogP contribution is 2.27. The lowest BCUT2D eigenvalue weighted by molar-refractivity contribution is 0.0496. The van der Waals surface area contributed by atoms with Crippen LogP contribution in [0.25, 0.3) is 0 Å². The minimum atomic E-state index is -4.08. The molecule has 0 unspecified atom stereocenters. The van der Waals surface area contributed by atoms with Gasteiger partial charge in [-0.25, -0.2) is 22.0 Å². The van der Waals surface area contributed by atoms with Crippen LogP contribution in [0.15, 0.2) is 47.4 Å². The van der Waals surface area contributed by atoms with Crippen molar-refractivity contribution in [3.8, 4) is 17.6 Å². The summed E-state index contributed by atoms with van der Waals surface area (Å²) < 4.78 is 63.3. The Bertz CT molecular complexity index is 1340. The largest absolute Gasteiger partial charge is 0.493 e. The standard InChI is InChI=1S/C26H32N2O6S2/c27-36(31,32)26-7-2-1-6-24(26)28-35(29,30)17-14-23-11-10-21(9-8-20-4-3-5-20)18-25(23)34-19-22-12-15-33-16-13-22/h1-2,6-7,10-11,18,20,22,28H,3-5,12-17,19H2,(H2,27,31,32). The van der Waals surface area contributed by atoms with E-state index in [-0.39, 0.29) is 22.8 Å². The van der Waals surface area contributed by atoms with E-state index >= 15 is 0 Å². The molecule has 194 valence electrons. The van der Waals surface area contributed by atoms with Gasteiger partial charge in [-0.3, -0.25) is 4.72 Å². The van der Waals surface area contributed by atoms with Gasteiger partial charge in [0.05, 0.1) is 18.0 Å². The van der Waals surface area contributed by atoms with Gasteiger partial charge < -0.3 is 9.47 Å². The quantitative estimate of drug-likeness (QED) is 0.478. The minimum Gasteiger partial charge on any atom is -0.493 e. The van der Waals surface area contributed by atoms with Crippen LogP contribution in [0.1, 0.15) is 43.2 Å². The maximum absolute atomic E-state index is 12.8. The van der Waals surface area contributed by atoms with E-state index < -0.39 is 20.0 Å². The molecule has 1 saturated carbocycles. The van der Waals surface area contributed by atoms with Crippen LogP contribution in [0.3, 0.4) is 0 Å². The molecule has 0 spiro atoms. The van der Waals surface area contributed by atoms with Crippen molar-refractivity contribution in [2.45, 2.75) is 43.4 Å². The number of aryl methyl sites for hydroxylation is 1. The molecule has 0 atom stereocenters. The van der Waals surface area contributed by atoms with Crippen LogP contribution in [0.5, 0.6) is 5.75 Å². The molecule has 0 amide bonds. The fourth-order valence-corrected chi connectivity index (χ4v) is 5.96. The number of rotatable bonds is 9. The zero-order chi connectivity index (χ0) is 25.6. The van der Waals surface area contributed by atoms with E-state index in [1.165, 1.54) is 30.7 Å². The van der Waals surface area contributed by atoms with Crippen molar-refractivity contribution in [1.29, 1.82) is 0 Å². The summed E-state index contributed by atoms with van der Waals surface area (Å²) in [6.07, 6.45) is 5.54. The Morgan fingerprint density at radius 1 is 1.03 bits per heavy atom. The smallest absolute Gasteiger partial charge is 0.240 e. The lowest BCUT2D eigenvalue weighted by Gasteiger charge is -2.23. The summed E-state index contributed by atoms with van der Waals surface area (Å²) in [6, 6.07) is 11.3. The summed E-state index contributed by atoms with van der Waals surface area (Å²) in [6.45, 7) is 1.97. The molecule has 1 heterocycles. The number of anilines is 1. The number of hydrogen-bond acceptors (Lipinski definition) is 6. The number of ether oxygens (including phenoxy) is 2. The molecule has 4 rings (SSSR count). The maximum atomic E-state index is 12.8. The fourth-order valence-electron chi connectivity index (χ4n) is 4.09. The molecule has 2 aliphatic rings. The second-order valence-corrected chi connectivity index (χ2v) is 12.7. The van der Waals surface area contributed by atoms with Gasteiger partial charge in [-0.15, -0.1) is 0 Å². The van der Waals surface area contributed by atoms with Crippen LogP contribution < -0.4 is 14.6 Å². The van der Waals surface area contributed by atoms with E-state index in [0.717, 1.165) is 50.0 Å². The third-order valence-corrected chi connectivity index (χ3v) is 8.75. The molecule has 10 heteroatoms. The van der Waals surface area contributed by atoms with Crippen LogP contribution in [0, 0.1) is 23.7 Å². The summed E-state index contributed by atoms with van der Waals surface area (Å²) in [5, 5.41) is 5.23. The molecular weight excluding hydrogens is 500 g/mol. The second kappa shape index (κ2) is 11.6. The summed E-state index contributed by atoms with van der Waals surface area (Å²) in [5.41, 5.74) is 1.52. The molecular formula is C26H32N2O6S2. The number of hydrogen-bond donors (Lipinski definition) is 2. The highest BCUT2D eigenvalue weighted by molar-refractivity contribution is 7.93. The highest BCUT2D eigenvalue weighted by Gasteiger charge is 2.20. The fraction of sp³-hybridized carbons (Fsp3) is 0.462. The lowest BCUT2D eigenvalue weighted by atomic mass is 9.86. The van der Waals surface area contributed by atoms with Crippen molar-refractivity contribution >= 4 is 25.7 Å². The summed E-state index contributed by atoms with van der Waals surface area (Å²) in [7, 11) is -7.95. The molecule has 2 aromatic carbocycles. The Morgan fingerprint density at radius 2 is 1.78 bits per heavy atom. The van der Waals surface area contributed by atoms with E-state index in [2.05, 4.69) is 16.6 Å². The van der Waals surface area contributed by atoms with Gasteiger partial charge >= 0.3 is 0 Å². The number of primary sulfonamides is 1. The Kier molecular flexibility index (Phi) is 8.57. The van der Waals surface area contributed by atoms with Gasteiger partial charge in [0.25, 0.3) is 0 Å². The van der Waals surface area contributed by atoms with E-state index in [0.29, 0.717) is 24.2 Å². The normalized spacial score (nSPS) is 17.0. The first kappa shape index (κ1) is 26.5. The Balaban J connectivity index is 1.48. The topological polar surface area (TPSA) is 125 Å². The van der Waals surface area contributed by atoms with Crippen LogP contribution in [0.4, 0.5) is 5.69 Å². The Labute approximate surface area is 213 Å². The number of para-hydroxylation sites is 1. The van der Waals surface area contributed by atoms with Crippen molar-refractivity contribution in [2.24, 2.45) is 17.0 Å². The van der Waals surface area contributed by atoms with Gasteiger partial charge in [-0.1, -0.05) is 36.5 Å². The Hall–Kier alpha value is -2.58. The zero-order valence-electron chi connectivity index (χ0n) is 20.1. The third-order valence-electron chi connectivity index (χ3n) is 6.51. The van der Waals surface area contributed by atoms with Crippen LogP contribution in [-0.2, 0) is 31.2 Å². The lowest BCUT2D eigenvalue weighted by Crippen LogP contribution is -2.23. The van der Waals surface area contributed by atoms with Crippen molar-refractivity contribution in [1.82, 2.24) is 0 Å². The summed E-state index contributed by atoms with van der Waals surface area (Å²) in [4.78, 5) is -0.275. The predicted molar refractivity (Wildman–Crippen MR) is 139 cm³/mol. The van der Waals surface area contributed by atoms with Crippen LogP contribution >= 0.6 is 0 Å². The van der Waals surface area contributed by atoms with Crippen molar-refractivity contribution in [3.05, 3.63) is 53.6 Å². The van der Waals surface area contributed by atoms with Crippen molar-refractivity contribution in [2.75, 3.05) is 30.3 Å². The summed E-state index contributed by atoms with van der Waals surface area (Å²) >= 11 is 0. The average Bonchev–Trinajstić information content (AvgIpc) is 2.81. The molecule has 8 nitrogen and oxygen atoms in total. The molecule has 0 radical (unpaired) electrons. The first-order chi connectivity index (χ1) is 17.2. The van der Waals surface area contributed by atoms with E-state index in [1.54, 1.807) is 0 Å². The van der Waals surface area contributed by atoms with E-state index in [4.69, 9.17) is 14.6 Å². The number of sulfonamides is 2. The van der Waals surface area contributed by atoms with E-state index in [1.807, 2.05) is 18.2 Å². The first-order valence-corrected chi connectivity index (χ1v) is 15.4. The second-order valence-electron chi connectivity index (χ2n) is 9.30. The molecule has 1 saturated heterocycles. The van der Waals surface area contributed by atoms with Gasteiger partial charge in [0.15, 0.2) is 0 Å². The molecule has 1 aliphatic carbocycles. The molecule has 0 bridgehead atoms. The van der Waals surface area contributed by atoms with E-state index in [9.17, 15) is 16.8 Å². The van der Waals surface area contributed by atoms with Crippen LogP contribution in [0.2, 0.25) is 0 Å². The predicted octanol–water partition coefficient (Wildman–Crippen LogP) is 3.28. The number of benzene rings is 2. The van der Waals surface area contributed by atoms with Crippen molar-refractivity contribution in [3.63, 3.8) is 0 Å². The molecule has 36 heavy (non-hydrogen) atoms. The highest BCUT2D eigenvalue weighted by atomic mass is 32.2. The summed E-state index contributed by atoms with van der Waals surface area (Å²) in [5.74, 6) is 7.74. The van der Waals surface area contributed by atoms with Crippen LogP contribution in [-0.4, -0.2) is 42.4 Å². The number of nitrogens with one attached hydrogen (secondary N) is 1. The van der Waals surface area contributed by atoms with Crippen molar-refractivity contribution < 1.29 is 26.3 Å². The molecule has 2 aromatic rings.